The molecule has 0 radical (unpaired) electrons. The summed E-state index contributed by atoms with van der Waals surface area (Å²) in [6, 6.07) is 6.69. The third-order valence-corrected chi connectivity index (χ3v) is 5.39. The lowest BCUT2D eigenvalue weighted by molar-refractivity contribution is -0.133. The van der Waals surface area contributed by atoms with Crippen LogP contribution in [0.1, 0.15) is 39.2 Å². The first-order chi connectivity index (χ1) is 10.8. The second-order valence-corrected chi connectivity index (χ2v) is 7.09. The van der Waals surface area contributed by atoms with Gasteiger partial charge in [-0.15, -0.1) is 0 Å². The van der Waals surface area contributed by atoms with Crippen molar-refractivity contribution in [1.82, 2.24) is 5.32 Å². The molecule has 5 heteroatoms. The average molecular weight is 322 g/mol. The number of hydrogen-bond donors (Lipinski definition) is 2. The Kier molecular flexibility index (Phi) is 5.42. The molecule has 1 heterocycles. The van der Waals surface area contributed by atoms with Crippen LogP contribution in [-0.4, -0.2) is 31.7 Å². The van der Waals surface area contributed by atoms with Crippen molar-refractivity contribution in [1.29, 1.82) is 0 Å². The van der Waals surface area contributed by atoms with Gasteiger partial charge in [0.05, 0.1) is 5.41 Å². The number of rotatable bonds is 6. The van der Waals surface area contributed by atoms with Gasteiger partial charge in [0.15, 0.2) is 0 Å². The first-order valence-corrected chi connectivity index (χ1v) is 8.15. The van der Waals surface area contributed by atoms with Crippen LogP contribution in [0, 0.1) is 11.2 Å². The smallest absolute Gasteiger partial charge is 0.225 e. The Morgan fingerprint density at radius 1 is 1.35 bits per heavy atom. The summed E-state index contributed by atoms with van der Waals surface area (Å²) in [5.74, 6) is -0.500. The van der Waals surface area contributed by atoms with Crippen molar-refractivity contribution in [3.63, 3.8) is 0 Å². The number of halogens is 1. The van der Waals surface area contributed by atoms with Crippen molar-refractivity contribution >= 4 is 5.91 Å². The van der Waals surface area contributed by atoms with Gasteiger partial charge < -0.3 is 15.8 Å². The average Bonchev–Trinajstić information content (AvgIpc) is 2.53. The van der Waals surface area contributed by atoms with Gasteiger partial charge in [-0.1, -0.05) is 26.0 Å². The molecule has 1 fully saturated rings. The van der Waals surface area contributed by atoms with Gasteiger partial charge in [-0.3, -0.25) is 4.79 Å². The minimum Gasteiger partial charge on any atom is -0.381 e. The highest BCUT2D eigenvalue weighted by molar-refractivity contribution is 5.81. The Morgan fingerprint density at radius 2 is 1.91 bits per heavy atom. The molecule has 1 atom stereocenters. The van der Waals surface area contributed by atoms with Gasteiger partial charge in [0.2, 0.25) is 5.91 Å². The molecule has 3 N–H and O–H groups in total. The zero-order valence-electron chi connectivity index (χ0n) is 14.2. The SMILES string of the molecule is CC(NCC1(C(N)=O)CCOCC1)C(C)(C)c1ccc(F)cc1. The van der Waals surface area contributed by atoms with E-state index in [2.05, 4.69) is 26.1 Å². The number of amides is 1. The van der Waals surface area contributed by atoms with E-state index >= 15 is 0 Å². The minimum absolute atomic E-state index is 0.104. The fraction of sp³-hybridized carbons (Fsp3) is 0.611. The molecule has 23 heavy (non-hydrogen) atoms. The molecule has 1 unspecified atom stereocenters. The fourth-order valence-corrected chi connectivity index (χ4v) is 3.01. The summed E-state index contributed by atoms with van der Waals surface area (Å²) in [5, 5.41) is 3.48. The Morgan fingerprint density at radius 3 is 2.43 bits per heavy atom. The molecule has 1 saturated heterocycles. The normalized spacial score (nSPS) is 19.3. The lowest BCUT2D eigenvalue weighted by Gasteiger charge is -2.39. The van der Waals surface area contributed by atoms with E-state index in [-0.39, 0.29) is 23.2 Å². The topological polar surface area (TPSA) is 64.3 Å². The van der Waals surface area contributed by atoms with Crippen LogP contribution in [0.2, 0.25) is 0 Å². The van der Waals surface area contributed by atoms with Gasteiger partial charge in [-0.2, -0.15) is 0 Å². The van der Waals surface area contributed by atoms with E-state index in [1.807, 2.05) is 12.1 Å². The molecule has 0 bridgehead atoms. The van der Waals surface area contributed by atoms with Crippen molar-refractivity contribution in [2.45, 2.75) is 45.1 Å². The van der Waals surface area contributed by atoms with Crippen LogP contribution < -0.4 is 11.1 Å². The maximum absolute atomic E-state index is 13.1. The molecule has 1 aliphatic heterocycles. The van der Waals surface area contributed by atoms with E-state index in [9.17, 15) is 9.18 Å². The molecule has 0 aromatic heterocycles. The second-order valence-electron chi connectivity index (χ2n) is 7.09. The molecule has 2 rings (SSSR count). The predicted octanol–water partition coefficient (Wildman–Crippen LogP) is 2.36. The van der Waals surface area contributed by atoms with E-state index in [0.29, 0.717) is 32.6 Å². The molecule has 1 aliphatic rings. The predicted molar refractivity (Wildman–Crippen MR) is 88.6 cm³/mol. The molecule has 128 valence electrons. The highest BCUT2D eigenvalue weighted by Gasteiger charge is 2.39. The monoisotopic (exact) mass is 322 g/mol. The van der Waals surface area contributed by atoms with Crippen molar-refractivity contribution in [2.75, 3.05) is 19.8 Å². The molecule has 0 saturated carbocycles. The van der Waals surface area contributed by atoms with Crippen LogP contribution in [0.4, 0.5) is 4.39 Å². The summed E-state index contributed by atoms with van der Waals surface area (Å²) >= 11 is 0. The van der Waals surface area contributed by atoms with E-state index in [1.165, 1.54) is 12.1 Å². The first-order valence-electron chi connectivity index (χ1n) is 8.15. The standard InChI is InChI=1S/C18H27FN2O2/c1-13(17(2,3)14-4-6-15(19)7-5-14)21-12-18(16(20)22)8-10-23-11-9-18/h4-7,13,21H,8-12H2,1-3H3,(H2,20,22). The van der Waals surface area contributed by atoms with Gasteiger partial charge in [0.25, 0.3) is 0 Å². The van der Waals surface area contributed by atoms with E-state index in [0.717, 1.165) is 5.56 Å². The Balaban J connectivity index is 2.06. The molecular weight excluding hydrogens is 295 g/mol. The van der Waals surface area contributed by atoms with Crippen molar-refractivity contribution in [3.05, 3.63) is 35.6 Å². The molecule has 1 amide bonds. The number of carbonyl (C=O) groups is 1. The van der Waals surface area contributed by atoms with Gasteiger partial charge in [-0.05, 0) is 37.5 Å². The summed E-state index contributed by atoms with van der Waals surface area (Å²) in [6.45, 7) is 7.98. The van der Waals surface area contributed by atoms with Crippen LogP contribution >= 0.6 is 0 Å². The van der Waals surface area contributed by atoms with Crippen molar-refractivity contribution < 1.29 is 13.9 Å². The van der Waals surface area contributed by atoms with Crippen molar-refractivity contribution in [2.24, 2.45) is 11.1 Å². The third kappa shape index (κ3) is 3.90. The minimum atomic E-state index is -0.536. The lowest BCUT2D eigenvalue weighted by atomic mass is 9.76. The van der Waals surface area contributed by atoms with E-state index in [1.54, 1.807) is 0 Å². The van der Waals surface area contributed by atoms with E-state index in [4.69, 9.17) is 10.5 Å². The van der Waals surface area contributed by atoms with Crippen LogP contribution in [0.3, 0.4) is 0 Å². The summed E-state index contributed by atoms with van der Waals surface area (Å²) in [4.78, 5) is 11.9. The number of ether oxygens (including phenoxy) is 1. The first kappa shape index (κ1) is 17.9. The molecular formula is C18H27FN2O2. The highest BCUT2D eigenvalue weighted by Crippen LogP contribution is 2.32. The lowest BCUT2D eigenvalue weighted by Crippen LogP contribution is -2.53. The van der Waals surface area contributed by atoms with Crippen LogP contribution in [-0.2, 0) is 14.9 Å². The molecule has 0 spiro atoms. The molecule has 1 aromatic carbocycles. The van der Waals surface area contributed by atoms with Gasteiger partial charge in [0.1, 0.15) is 5.82 Å². The second kappa shape index (κ2) is 6.97. The molecule has 1 aromatic rings. The van der Waals surface area contributed by atoms with Crippen molar-refractivity contribution in [3.8, 4) is 0 Å². The Bertz CT molecular complexity index is 536. The summed E-state index contributed by atoms with van der Waals surface area (Å²) in [6.07, 6.45) is 1.30. The fourth-order valence-electron chi connectivity index (χ4n) is 3.01. The Labute approximate surface area is 137 Å². The van der Waals surface area contributed by atoms with Crippen LogP contribution in [0.25, 0.3) is 0 Å². The van der Waals surface area contributed by atoms with Crippen LogP contribution in [0.15, 0.2) is 24.3 Å². The highest BCUT2D eigenvalue weighted by atomic mass is 19.1. The summed E-state index contributed by atoms with van der Waals surface area (Å²) in [7, 11) is 0. The van der Waals surface area contributed by atoms with Crippen LogP contribution in [0.5, 0.6) is 0 Å². The van der Waals surface area contributed by atoms with Gasteiger partial charge in [-0.25, -0.2) is 4.39 Å². The summed E-state index contributed by atoms with van der Waals surface area (Å²) < 4.78 is 18.5. The van der Waals surface area contributed by atoms with Gasteiger partial charge in [0, 0.05) is 31.2 Å². The maximum atomic E-state index is 13.1. The quantitative estimate of drug-likeness (QED) is 0.845. The number of nitrogens with two attached hydrogens (primary N) is 1. The van der Waals surface area contributed by atoms with E-state index < -0.39 is 5.41 Å². The zero-order chi connectivity index (χ0) is 17.1. The van der Waals surface area contributed by atoms with Gasteiger partial charge >= 0.3 is 0 Å². The number of hydrogen-bond acceptors (Lipinski definition) is 3. The number of primary amides is 1. The third-order valence-electron chi connectivity index (χ3n) is 5.39. The maximum Gasteiger partial charge on any atom is 0.225 e. The summed E-state index contributed by atoms with van der Waals surface area (Å²) in [5.41, 5.74) is 5.97. The number of nitrogens with one attached hydrogen (secondary N) is 1. The zero-order valence-corrected chi connectivity index (χ0v) is 14.2. The number of benzene rings is 1. The Hall–Kier alpha value is -1.46. The molecule has 4 nitrogen and oxygen atoms in total. The molecule has 0 aliphatic carbocycles. The largest absolute Gasteiger partial charge is 0.381 e. The number of carbonyl (C=O) groups excluding carboxylic acids is 1.